The van der Waals surface area contributed by atoms with E-state index in [1.54, 1.807) is 16.2 Å². The van der Waals surface area contributed by atoms with Gasteiger partial charge in [-0.1, -0.05) is 13.0 Å². The lowest BCUT2D eigenvalue weighted by molar-refractivity contribution is -0.134. The van der Waals surface area contributed by atoms with Crippen LogP contribution in [0.15, 0.2) is 17.5 Å². The van der Waals surface area contributed by atoms with Crippen LogP contribution in [0.1, 0.15) is 18.2 Å². The van der Waals surface area contributed by atoms with Gasteiger partial charge in [0.25, 0.3) is 0 Å². The van der Waals surface area contributed by atoms with Crippen molar-refractivity contribution in [3.05, 3.63) is 22.4 Å². The summed E-state index contributed by atoms with van der Waals surface area (Å²) in [7, 11) is 1.82. The van der Waals surface area contributed by atoms with Crippen LogP contribution in [0.2, 0.25) is 0 Å². The molecule has 0 bridgehead atoms. The van der Waals surface area contributed by atoms with Gasteiger partial charge >= 0.3 is 0 Å². The number of likely N-dealkylation sites (N-methyl/N-ethyl adjacent to an activating group) is 1. The lowest BCUT2D eigenvalue weighted by Gasteiger charge is -2.16. The molecule has 0 spiro atoms. The molecular weight excluding hydrogens is 222 g/mol. The fourth-order valence-electron chi connectivity index (χ4n) is 1.27. The highest BCUT2D eigenvalue weighted by atomic mass is 32.1. The molecule has 1 rings (SSSR count). The molecule has 4 heteroatoms. The highest BCUT2D eigenvalue weighted by molar-refractivity contribution is 7.09. The van der Waals surface area contributed by atoms with Crippen LogP contribution in [-0.2, 0) is 16.0 Å². The Balaban J connectivity index is 2.18. The summed E-state index contributed by atoms with van der Waals surface area (Å²) in [4.78, 5) is 14.6. The monoisotopic (exact) mass is 241 g/mol. The van der Waals surface area contributed by atoms with E-state index in [0.29, 0.717) is 6.61 Å². The SMILES string of the molecule is CCCOCC(=O)N(C)CCc1cccs1. The van der Waals surface area contributed by atoms with E-state index in [1.807, 2.05) is 20.0 Å². The number of carbonyl (C=O) groups excluding carboxylic acids is 1. The fraction of sp³-hybridized carbons (Fsp3) is 0.583. The number of thiophene rings is 1. The average Bonchev–Trinajstić information content (AvgIpc) is 2.79. The van der Waals surface area contributed by atoms with Crippen molar-refractivity contribution < 1.29 is 9.53 Å². The van der Waals surface area contributed by atoms with Crippen LogP contribution in [0.25, 0.3) is 0 Å². The standard InChI is InChI=1S/C12H19NO2S/c1-3-8-15-10-12(14)13(2)7-6-11-5-4-9-16-11/h4-5,9H,3,6-8,10H2,1-2H3. The smallest absolute Gasteiger partial charge is 0.248 e. The Hall–Kier alpha value is -0.870. The fourth-order valence-corrected chi connectivity index (χ4v) is 1.97. The van der Waals surface area contributed by atoms with Crippen LogP contribution in [0, 0.1) is 0 Å². The largest absolute Gasteiger partial charge is 0.372 e. The third kappa shape index (κ3) is 4.77. The van der Waals surface area contributed by atoms with Crippen molar-refractivity contribution in [3.8, 4) is 0 Å². The molecule has 0 radical (unpaired) electrons. The molecular formula is C12H19NO2S. The van der Waals surface area contributed by atoms with Crippen molar-refractivity contribution in [1.82, 2.24) is 4.90 Å². The molecule has 0 unspecified atom stereocenters. The maximum Gasteiger partial charge on any atom is 0.248 e. The number of hydrogen-bond donors (Lipinski definition) is 0. The average molecular weight is 241 g/mol. The molecule has 0 aromatic carbocycles. The molecule has 0 N–H and O–H groups in total. The van der Waals surface area contributed by atoms with Crippen molar-refractivity contribution in [3.63, 3.8) is 0 Å². The van der Waals surface area contributed by atoms with Crippen molar-refractivity contribution in [2.24, 2.45) is 0 Å². The minimum absolute atomic E-state index is 0.0602. The highest BCUT2D eigenvalue weighted by Gasteiger charge is 2.08. The van der Waals surface area contributed by atoms with Gasteiger partial charge in [-0.2, -0.15) is 0 Å². The molecule has 0 atom stereocenters. The summed E-state index contributed by atoms with van der Waals surface area (Å²) >= 11 is 1.73. The van der Waals surface area contributed by atoms with Crippen molar-refractivity contribution in [2.75, 3.05) is 26.8 Å². The summed E-state index contributed by atoms with van der Waals surface area (Å²) in [6.07, 6.45) is 1.87. The first-order valence-corrected chi connectivity index (χ1v) is 6.46. The second-order valence-electron chi connectivity index (χ2n) is 3.70. The van der Waals surface area contributed by atoms with Gasteiger partial charge in [-0.25, -0.2) is 0 Å². The molecule has 1 aromatic rings. The summed E-state index contributed by atoms with van der Waals surface area (Å²) in [6.45, 7) is 3.65. The van der Waals surface area contributed by atoms with Gasteiger partial charge in [-0.3, -0.25) is 4.79 Å². The molecule has 1 aromatic heterocycles. The number of carbonyl (C=O) groups is 1. The zero-order chi connectivity index (χ0) is 11.8. The van der Waals surface area contributed by atoms with Crippen LogP contribution in [0.3, 0.4) is 0 Å². The van der Waals surface area contributed by atoms with E-state index >= 15 is 0 Å². The third-order valence-corrected chi connectivity index (χ3v) is 3.21. The molecule has 0 aliphatic heterocycles. The molecule has 0 aliphatic carbocycles. The van der Waals surface area contributed by atoms with Crippen LogP contribution >= 0.6 is 11.3 Å². The summed E-state index contributed by atoms with van der Waals surface area (Å²) in [6, 6.07) is 4.13. The molecule has 3 nitrogen and oxygen atoms in total. The number of rotatable bonds is 7. The highest BCUT2D eigenvalue weighted by Crippen LogP contribution is 2.09. The van der Waals surface area contributed by atoms with E-state index in [-0.39, 0.29) is 12.5 Å². The minimum Gasteiger partial charge on any atom is -0.372 e. The van der Waals surface area contributed by atoms with Gasteiger partial charge < -0.3 is 9.64 Å². The Labute approximate surface area is 101 Å². The number of ether oxygens (including phenoxy) is 1. The Morgan fingerprint density at radius 2 is 2.38 bits per heavy atom. The Morgan fingerprint density at radius 3 is 3.00 bits per heavy atom. The Morgan fingerprint density at radius 1 is 1.56 bits per heavy atom. The first kappa shape index (κ1) is 13.2. The topological polar surface area (TPSA) is 29.5 Å². The van der Waals surface area contributed by atoms with Gasteiger partial charge in [0.15, 0.2) is 0 Å². The maximum absolute atomic E-state index is 11.6. The number of amides is 1. The van der Waals surface area contributed by atoms with Crippen LogP contribution in [0.4, 0.5) is 0 Å². The molecule has 0 aliphatic rings. The zero-order valence-electron chi connectivity index (χ0n) is 9.94. The second-order valence-corrected chi connectivity index (χ2v) is 4.73. The van der Waals surface area contributed by atoms with E-state index in [0.717, 1.165) is 19.4 Å². The van der Waals surface area contributed by atoms with E-state index in [2.05, 4.69) is 11.4 Å². The van der Waals surface area contributed by atoms with Gasteiger partial charge in [0, 0.05) is 25.1 Å². The first-order chi connectivity index (χ1) is 7.74. The third-order valence-electron chi connectivity index (χ3n) is 2.27. The summed E-state index contributed by atoms with van der Waals surface area (Å²) in [5.74, 6) is 0.0602. The van der Waals surface area contributed by atoms with Gasteiger partial charge in [-0.05, 0) is 24.3 Å². The lowest BCUT2D eigenvalue weighted by Crippen LogP contribution is -2.32. The van der Waals surface area contributed by atoms with Gasteiger partial charge in [0.2, 0.25) is 5.91 Å². The van der Waals surface area contributed by atoms with E-state index in [9.17, 15) is 4.79 Å². The maximum atomic E-state index is 11.6. The summed E-state index contributed by atoms with van der Waals surface area (Å²) in [5.41, 5.74) is 0. The quantitative estimate of drug-likeness (QED) is 0.685. The van der Waals surface area contributed by atoms with E-state index in [1.165, 1.54) is 4.88 Å². The molecule has 90 valence electrons. The van der Waals surface area contributed by atoms with Gasteiger partial charge in [0.05, 0.1) is 0 Å². The predicted molar refractivity (Wildman–Crippen MR) is 66.8 cm³/mol. The van der Waals surface area contributed by atoms with Crippen molar-refractivity contribution in [2.45, 2.75) is 19.8 Å². The minimum atomic E-state index is 0.0602. The summed E-state index contributed by atoms with van der Waals surface area (Å²) < 4.78 is 5.21. The van der Waals surface area contributed by atoms with E-state index in [4.69, 9.17) is 4.74 Å². The molecule has 0 saturated carbocycles. The van der Waals surface area contributed by atoms with Crippen molar-refractivity contribution >= 4 is 17.2 Å². The Bertz CT molecular complexity index is 298. The molecule has 1 heterocycles. The molecule has 16 heavy (non-hydrogen) atoms. The normalized spacial score (nSPS) is 10.4. The predicted octanol–water partition coefficient (Wildman–Crippen LogP) is 2.18. The van der Waals surface area contributed by atoms with E-state index < -0.39 is 0 Å². The second kappa shape index (κ2) is 7.41. The van der Waals surface area contributed by atoms with Crippen LogP contribution < -0.4 is 0 Å². The van der Waals surface area contributed by atoms with Crippen LogP contribution in [0.5, 0.6) is 0 Å². The Kier molecular flexibility index (Phi) is 6.11. The zero-order valence-corrected chi connectivity index (χ0v) is 10.8. The molecule has 1 amide bonds. The van der Waals surface area contributed by atoms with Gasteiger partial charge in [-0.15, -0.1) is 11.3 Å². The summed E-state index contributed by atoms with van der Waals surface area (Å²) in [5, 5.41) is 2.06. The molecule has 0 saturated heterocycles. The van der Waals surface area contributed by atoms with Crippen LogP contribution in [-0.4, -0.2) is 37.6 Å². The number of hydrogen-bond acceptors (Lipinski definition) is 3. The number of nitrogens with zero attached hydrogens (tertiary/aromatic N) is 1. The van der Waals surface area contributed by atoms with Crippen molar-refractivity contribution in [1.29, 1.82) is 0 Å². The molecule has 0 fully saturated rings. The lowest BCUT2D eigenvalue weighted by atomic mass is 10.3. The van der Waals surface area contributed by atoms with Gasteiger partial charge in [0.1, 0.15) is 6.61 Å². The first-order valence-electron chi connectivity index (χ1n) is 5.58.